The lowest BCUT2D eigenvalue weighted by Gasteiger charge is -2.19. The molecule has 0 heterocycles. The molecule has 0 saturated heterocycles. The molecule has 0 fully saturated rings. The molecule has 2 aromatic rings. The number of hydrogen-bond acceptors (Lipinski definition) is 2. The number of benzene rings is 2. The second-order valence-corrected chi connectivity index (χ2v) is 4.90. The van der Waals surface area contributed by atoms with Crippen LogP contribution in [0.5, 0.6) is 0 Å². The minimum Gasteiger partial charge on any atom is -0.375 e. The van der Waals surface area contributed by atoms with Crippen LogP contribution in [-0.4, -0.2) is 6.54 Å². The first-order valence-electron chi connectivity index (χ1n) is 5.78. The minimum atomic E-state index is -0.319. The number of anilines is 1. The fourth-order valence-electron chi connectivity index (χ4n) is 1.77. The first-order chi connectivity index (χ1) is 9.11. The highest BCUT2D eigenvalue weighted by Crippen LogP contribution is 2.27. The average molecular weight is 299 g/mol. The monoisotopic (exact) mass is 298 g/mol. The maximum Gasteiger partial charge on any atom is 0.146 e. The Morgan fingerprint density at radius 1 is 1.11 bits per heavy atom. The molecule has 2 rings (SSSR count). The number of para-hydroxylation sites is 1. The molecule has 1 unspecified atom stereocenters. The quantitative estimate of drug-likeness (QED) is 0.886. The smallest absolute Gasteiger partial charge is 0.146 e. The molecule has 0 bridgehead atoms. The van der Waals surface area contributed by atoms with Gasteiger partial charge in [0.1, 0.15) is 5.82 Å². The van der Waals surface area contributed by atoms with Crippen LogP contribution >= 0.6 is 23.2 Å². The molecular weight excluding hydrogens is 286 g/mol. The van der Waals surface area contributed by atoms with Crippen molar-refractivity contribution in [2.45, 2.75) is 6.04 Å². The summed E-state index contributed by atoms with van der Waals surface area (Å²) in [6, 6.07) is 11.5. The van der Waals surface area contributed by atoms with Crippen molar-refractivity contribution in [3.63, 3.8) is 0 Å². The summed E-state index contributed by atoms with van der Waals surface area (Å²) in [4.78, 5) is 0. The molecule has 5 heteroatoms. The van der Waals surface area contributed by atoms with Gasteiger partial charge in [0, 0.05) is 6.54 Å². The summed E-state index contributed by atoms with van der Waals surface area (Å²) in [5.74, 6) is -0.319. The molecule has 0 aromatic heterocycles. The number of rotatable bonds is 4. The van der Waals surface area contributed by atoms with Crippen molar-refractivity contribution in [1.29, 1.82) is 0 Å². The predicted molar refractivity (Wildman–Crippen MR) is 78.3 cm³/mol. The summed E-state index contributed by atoms with van der Waals surface area (Å²) in [6.45, 7) is 0.312. The molecule has 19 heavy (non-hydrogen) atoms. The van der Waals surface area contributed by atoms with Crippen LogP contribution in [0.4, 0.5) is 10.1 Å². The first kappa shape index (κ1) is 14.1. The molecule has 1 atom stereocenters. The van der Waals surface area contributed by atoms with Crippen LogP contribution in [0.2, 0.25) is 10.0 Å². The van der Waals surface area contributed by atoms with E-state index in [9.17, 15) is 4.39 Å². The van der Waals surface area contributed by atoms with E-state index in [2.05, 4.69) is 5.32 Å². The Bertz CT molecular complexity index is 575. The van der Waals surface area contributed by atoms with E-state index in [1.165, 1.54) is 6.07 Å². The largest absolute Gasteiger partial charge is 0.375 e. The third kappa shape index (κ3) is 3.38. The van der Waals surface area contributed by atoms with Gasteiger partial charge in [0.2, 0.25) is 0 Å². The lowest BCUT2D eigenvalue weighted by molar-refractivity contribution is 0.626. The second-order valence-electron chi connectivity index (χ2n) is 4.09. The van der Waals surface area contributed by atoms with Gasteiger partial charge in [-0.1, -0.05) is 41.4 Å². The van der Waals surface area contributed by atoms with E-state index in [-0.39, 0.29) is 11.9 Å². The maximum absolute atomic E-state index is 13.6. The van der Waals surface area contributed by atoms with Crippen LogP contribution in [0.25, 0.3) is 0 Å². The molecule has 100 valence electrons. The zero-order valence-electron chi connectivity index (χ0n) is 10.0. The molecule has 0 aliphatic carbocycles. The highest BCUT2D eigenvalue weighted by Gasteiger charge is 2.12. The Hall–Kier alpha value is -1.29. The van der Waals surface area contributed by atoms with Crippen LogP contribution in [0.3, 0.4) is 0 Å². The SMILES string of the molecule is NCC(Nc1ccccc1F)c1ccc(Cl)c(Cl)c1. The third-order valence-corrected chi connectivity index (χ3v) is 3.52. The summed E-state index contributed by atoms with van der Waals surface area (Å²) in [5, 5.41) is 3.99. The molecule has 0 saturated carbocycles. The topological polar surface area (TPSA) is 38.0 Å². The summed E-state index contributed by atoms with van der Waals surface area (Å²) in [6.07, 6.45) is 0. The Kier molecular flexibility index (Phi) is 4.64. The summed E-state index contributed by atoms with van der Waals surface area (Å²) in [5.41, 5.74) is 7.00. The maximum atomic E-state index is 13.6. The minimum absolute atomic E-state index is 0.230. The van der Waals surface area contributed by atoms with Crippen molar-refractivity contribution < 1.29 is 4.39 Å². The van der Waals surface area contributed by atoms with E-state index in [0.29, 0.717) is 22.3 Å². The van der Waals surface area contributed by atoms with Crippen LogP contribution in [0, 0.1) is 5.82 Å². The third-order valence-electron chi connectivity index (χ3n) is 2.79. The van der Waals surface area contributed by atoms with Crippen LogP contribution in [-0.2, 0) is 0 Å². The number of hydrogen-bond donors (Lipinski definition) is 2. The predicted octanol–water partition coefficient (Wildman–Crippen LogP) is 4.24. The molecule has 0 aliphatic rings. The van der Waals surface area contributed by atoms with E-state index in [1.54, 1.807) is 30.3 Å². The molecule has 3 N–H and O–H groups in total. The van der Waals surface area contributed by atoms with E-state index < -0.39 is 0 Å². The Balaban J connectivity index is 2.25. The van der Waals surface area contributed by atoms with E-state index >= 15 is 0 Å². The standard InChI is InChI=1S/C14H13Cl2FN2/c15-10-6-5-9(7-11(10)16)14(8-18)19-13-4-2-1-3-12(13)17/h1-7,14,19H,8,18H2. The van der Waals surface area contributed by atoms with Gasteiger partial charge in [-0.25, -0.2) is 4.39 Å². The number of nitrogens with two attached hydrogens (primary N) is 1. The highest BCUT2D eigenvalue weighted by atomic mass is 35.5. The Labute approximate surface area is 121 Å². The zero-order valence-corrected chi connectivity index (χ0v) is 11.5. The van der Waals surface area contributed by atoms with E-state index in [1.807, 2.05) is 6.07 Å². The molecule has 0 aliphatic heterocycles. The average Bonchev–Trinajstić information content (AvgIpc) is 2.41. The van der Waals surface area contributed by atoms with Crippen LogP contribution in [0.15, 0.2) is 42.5 Å². The van der Waals surface area contributed by atoms with Crippen molar-refractivity contribution in [3.05, 3.63) is 63.9 Å². The van der Waals surface area contributed by atoms with Gasteiger partial charge in [-0.05, 0) is 29.8 Å². The van der Waals surface area contributed by atoms with Gasteiger partial charge in [0.05, 0.1) is 21.8 Å². The number of nitrogens with one attached hydrogen (secondary N) is 1. The van der Waals surface area contributed by atoms with Gasteiger partial charge in [0.15, 0.2) is 0 Å². The molecule has 2 aromatic carbocycles. The first-order valence-corrected chi connectivity index (χ1v) is 6.53. The molecule has 0 spiro atoms. The van der Waals surface area contributed by atoms with Crippen LogP contribution in [0.1, 0.15) is 11.6 Å². The van der Waals surface area contributed by atoms with E-state index in [4.69, 9.17) is 28.9 Å². The molecule has 0 amide bonds. The molecule has 2 nitrogen and oxygen atoms in total. The van der Waals surface area contributed by atoms with Crippen molar-refractivity contribution >= 4 is 28.9 Å². The van der Waals surface area contributed by atoms with Crippen molar-refractivity contribution in [1.82, 2.24) is 0 Å². The van der Waals surface area contributed by atoms with Gasteiger partial charge in [0.25, 0.3) is 0 Å². The Morgan fingerprint density at radius 3 is 2.47 bits per heavy atom. The summed E-state index contributed by atoms with van der Waals surface area (Å²) < 4.78 is 13.6. The van der Waals surface area contributed by atoms with Gasteiger partial charge in [-0.2, -0.15) is 0 Å². The summed E-state index contributed by atoms with van der Waals surface area (Å²) >= 11 is 11.8. The fourth-order valence-corrected chi connectivity index (χ4v) is 2.08. The molecular formula is C14H13Cl2FN2. The van der Waals surface area contributed by atoms with Gasteiger partial charge in [-0.15, -0.1) is 0 Å². The van der Waals surface area contributed by atoms with Crippen molar-refractivity contribution in [2.24, 2.45) is 5.73 Å². The second kappa shape index (κ2) is 6.24. The summed E-state index contributed by atoms with van der Waals surface area (Å²) in [7, 11) is 0. The molecule has 0 radical (unpaired) electrons. The van der Waals surface area contributed by atoms with Crippen molar-refractivity contribution in [2.75, 3.05) is 11.9 Å². The lowest BCUT2D eigenvalue weighted by Crippen LogP contribution is -2.21. The van der Waals surface area contributed by atoms with Crippen LogP contribution < -0.4 is 11.1 Å². The highest BCUT2D eigenvalue weighted by molar-refractivity contribution is 6.42. The number of halogens is 3. The van der Waals surface area contributed by atoms with E-state index in [0.717, 1.165) is 5.56 Å². The van der Waals surface area contributed by atoms with Gasteiger partial charge >= 0.3 is 0 Å². The van der Waals surface area contributed by atoms with Gasteiger partial charge in [-0.3, -0.25) is 0 Å². The fraction of sp³-hybridized carbons (Fsp3) is 0.143. The van der Waals surface area contributed by atoms with Crippen molar-refractivity contribution in [3.8, 4) is 0 Å². The Morgan fingerprint density at radius 2 is 1.84 bits per heavy atom. The zero-order chi connectivity index (χ0) is 13.8. The lowest BCUT2D eigenvalue weighted by atomic mass is 10.1. The van der Waals surface area contributed by atoms with Gasteiger partial charge < -0.3 is 11.1 Å². The normalized spacial score (nSPS) is 12.2.